The Morgan fingerprint density at radius 1 is 0.914 bits per heavy atom. The number of anilines is 1. The summed E-state index contributed by atoms with van der Waals surface area (Å²) in [6.45, 7) is 8.69. The molecule has 2 aromatic carbocycles. The Morgan fingerprint density at radius 3 is 2.29 bits per heavy atom. The number of benzene rings is 2. The summed E-state index contributed by atoms with van der Waals surface area (Å²) in [5.74, 6) is -0.203. The van der Waals surface area contributed by atoms with E-state index in [1.165, 1.54) is 6.21 Å². The average Bonchev–Trinajstić information content (AvgIpc) is 2.83. The molecule has 2 aromatic rings. The molecule has 0 bridgehead atoms. The zero-order valence-electron chi connectivity index (χ0n) is 20.4. The number of ether oxygens (including phenoxy) is 3. The lowest BCUT2D eigenvalue weighted by Gasteiger charge is -2.13. The summed E-state index contributed by atoms with van der Waals surface area (Å²) in [6, 6.07) is 12.0. The molecule has 2 rings (SSSR count). The standard InChI is InChI=1S/C25H32N4O6/c1-5-33-20-10-8-19(9-11-20)28-23(30)16-35-21-12-7-18(13-22(21)34-6-2)15-27-29-25(32)24(31)26-14-17(3)4/h7-13,15,17H,5-6,14,16H2,1-4H3,(H,26,31)(H,28,30)(H,29,32)/b27-15-. The van der Waals surface area contributed by atoms with Crippen molar-refractivity contribution >= 4 is 29.6 Å². The van der Waals surface area contributed by atoms with Gasteiger partial charge in [0.05, 0.1) is 19.4 Å². The van der Waals surface area contributed by atoms with Crippen molar-refractivity contribution in [1.29, 1.82) is 0 Å². The van der Waals surface area contributed by atoms with E-state index in [2.05, 4.69) is 21.2 Å². The molecule has 0 saturated heterocycles. The molecule has 188 valence electrons. The maximum atomic E-state index is 12.3. The zero-order chi connectivity index (χ0) is 25.6. The third kappa shape index (κ3) is 9.75. The first-order chi connectivity index (χ1) is 16.8. The van der Waals surface area contributed by atoms with Crippen LogP contribution in [-0.4, -0.2) is 50.3 Å². The van der Waals surface area contributed by atoms with Gasteiger partial charge in [0.1, 0.15) is 5.75 Å². The molecule has 0 fully saturated rings. The van der Waals surface area contributed by atoms with E-state index in [9.17, 15) is 14.4 Å². The van der Waals surface area contributed by atoms with Gasteiger partial charge in [-0.25, -0.2) is 5.43 Å². The minimum Gasteiger partial charge on any atom is -0.494 e. The minimum atomic E-state index is -0.856. The molecule has 35 heavy (non-hydrogen) atoms. The first kappa shape index (κ1) is 27.2. The smallest absolute Gasteiger partial charge is 0.329 e. The third-order valence-electron chi connectivity index (χ3n) is 4.33. The van der Waals surface area contributed by atoms with E-state index < -0.39 is 11.8 Å². The SMILES string of the molecule is CCOc1ccc(NC(=O)COc2ccc(/C=N\NC(=O)C(=O)NCC(C)C)cc2OCC)cc1. The molecule has 10 nitrogen and oxygen atoms in total. The molecule has 10 heteroatoms. The van der Waals surface area contributed by atoms with Crippen LogP contribution in [0.1, 0.15) is 33.3 Å². The van der Waals surface area contributed by atoms with Gasteiger partial charge in [0, 0.05) is 12.2 Å². The summed E-state index contributed by atoms with van der Waals surface area (Å²) in [5, 5.41) is 9.07. The average molecular weight is 485 g/mol. The summed E-state index contributed by atoms with van der Waals surface area (Å²) in [6.07, 6.45) is 1.37. The monoisotopic (exact) mass is 484 g/mol. The topological polar surface area (TPSA) is 127 Å². The van der Waals surface area contributed by atoms with E-state index in [0.717, 1.165) is 5.75 Å². The number of nitrogens with zero attached hydrogens (tertiary/aromatic N) is 1. The summed E-state index contributed by atoms with van der Waals surface area (Å²) in [4.78, 5) is 35.7. The Kier molecular flexibility index (Phi) is 11.1. The van der Waals surface area contributed by atoms with Gasteiger partial charge in [-0.1, -0.05) is 13.8 Å². The highest BCUT2D eigenvalue weighted by Crippen LogP contribution is 2.28. The van der Waals surface area contributed by atoms with Crippen LogP contribution in [0.25, 0.3) is 0 Å². The summed E-state index contributed by atoms with van der Waals surface area (Å²) in [7, 11) is 0. The van der Waals surface area contributed by atoms with Crippen LogP contribution in [0.5, 0.6) is 17.2 Å². The van der Waals surface area contributed by atoms with E-state index in [1.54, 1.807) is 42.5 Å². The van der Waals surface area contributed by atoms with E-state index in [1.807, 2.05) is 27.7 Å². The highest BCUT2D eigenvalue weighted by molar-refractivity contribution is 6.35. The van der Waals surface area contributed by atoms with Gasteiger partial charge in [-0.15, -0.1) is 0 Å². The molecule has 0 aliphatic heterocycles. The Labute approximate surface area is 205 Å². The molecule has 0 aliphatic carbocycles. The molecule has 3 N–H and O–H groups in total. The van der Waals surface area contributed by atoms with Crippen molar-refractivity contribution in [1.82, 2.24) is 10.7 Å². The predicted molar refractivity (Wildman–Crippen MR) is 133 cm³/mol. The van der Waals surface area contributed by atoms with Gasteiger partial charge in [0.2, 0.25) is 0 Å². The van der Waals surface area contributed by atoms with Crippen LogP contribution in [0, 0.1) is 5.92 Å². The lowest BCUT2D eigenvalue weighted by Crippen LogP contribution is -2.39. The third-order valence-corrected chi connectivity index (χ3v) is 4.33. The molecule has 3 amide bonds. The highest BCUT2D eigenvalue weighted by atomic mass is 16.5. The first-order valence-electron chi connectivity index (χ1n) is 11.4. The van der Waals surface area contributed by atoms with Gasteiger partial charge in [0.15, 0.2) is 18.1 Å². The Morgan fingerprint density at radius 2 is 1.63 bits per heavy atom. The first-order valence-corrected chi connectivity index (χ1v) is 11.4. The fourth-order valence-electron chi connectivity index (χ4n) is 2.73. The van der Waals surface area contributed by atoms with Crippen molar-refractivity contribution in [3.8, 4) is 17.2 Å². The zero-order valence-corrected chi connectivity index (χ0v) is 20.4. The molecule has 0 aliphatic rings. The molecule has 0 unspecified atom stereocenters. The molecule has 0 aromatic heterocycles. The number of amides is 3. The number of hydrogen-bond acceptors (Lipinski definition) is 7. The second-order valence-corrected chi connectivity index (χ2v) is 7.74. The largest absolute Gasteiger partial charge is 0.494 e. The van der Waals surface area contributed by atoms with E-state index in [4.69, 9.17) is 14.2 Å². The molecular weight excluding hydrogens is 452 g/mol. The lowest BCUT2D eigenvalue weighted by atomic mass is 10.2. The second kappa shape index (κ2) is 14.2. The van der Waals surface area contributed by atoms with Crippen LogP contribution < -0.4 is 30.3 Å². The van der Waals surface area contributed by atoms with Gasteiger partial charge in [0.25, 0.3) is 5.91 Å². The molecule has 0 saturated carbocycles. The van der Waals surface area contributed by atoms with Crippen LogP contribution in [0.2, 0.25) is 0 Å². The van der Waals surface area contributed by atoms with E-state index in [-0.39, 0.29) is 18.4 Å². The van der Waals surface area contributed by atoms with Crippen LogP contribution >= 0.6 is 0 Å². The van der Waals surface area contributed by atoms with Crippen LogP contribution in [-0.2, 0) is 14.4 Å². The summed E-state index contributed by atoms with van der Waals surface area (Å²) >= 11 is 0. The number of carbonyl (C=O) groups is 3. The maximum absolute atomic E-state index is 12.3. The number of rotatable bonds is 12. The van der Waals surface area contributed by atoms with Crippen molar-refractivity contribution in [3.05, 3.63) is 48.0 Å². The predicted octanol–water partition coefficient (Wildman–Crippen LogP) is 2.72. The number of carbonyl (C=O) groups excluding carboxylic acids is 3. The van der Waals surface area contributed by atoms with Gasteiger partial charge in [-0.3, -0.25) is 14.4 Å². The molecular formula is C25H32N4O6. The Bertz CT molecular complexity index is 1020. The maximum Gasteiger partial charge on any atom is 0.329 e. The summed E-state index contributed by atoms with van der Waals surface area (Å²) < 4.78 is 16.6. The molecule has 0 radical (unpaired) electrons. The van der Waals surface area contributed by atoms with Crippen molar-refractivity contribution in [2.45, 2.75) is 27.7 Å². The second-order valence-electron chi connectivity index (χ2n) is 7.74. The molecule has 0 atom stereocenters. The van der Waals surface area contributed by atoms with E-state index >= 15 is 0 Å². The van der Waals surface area contributed by atoms with Crippen LogP contribution in [0.4, 0.5) is 5.69 Å². The summed E-state index contributed by atoms with van der Waals surface area (Å²) in [5.41, 5.74) is 3.40. The highest BCUT2D eigenvalue weighted by Gasteiger charge is 2.13. The minimum absolute atomic E-state index is 0.220. The Balaban J connectivity index is 1.92. The Hall–Kier alpha value is -4.08. The van der Waals surface area contributed by atoms with Gasteiger partial charge >= 0.3 is 11.8 Å². The number of hydrazone groups is 1. The fourth-order valence-corrected chi connectivity index (χ4v) is 2.73. The van der Waals surface area contributed by atoms with Crippen LogP contribution in [0.3, 0.4) is 0 Å². The molecule has 0 heterocycles. The van der Waals surface area contributed by atoms with Gasteiger partial charge < -0.3 is 24.8 Å². The van der Waals surface area contributed by atoms with Crippen molar-refractivity contribution in [3.63, 3.8) is 0 Å². The molecule has 0 spiro atoms. The van der Waals surface area contributed by atoms with Crippen LogP contribution in [0.15, 0.2) is 47.6 Å². The number of nitrogens with one attached hydrogen (secondary N) is 3. The van der Waals surface area contributed by atoms with Gasteiger partial charge in [-0.2, -0.15) is 5.10 Å². The van der Waals surface area contributed by atoms with Crippen molar-refractivity contribution < 1.29 is 28.6 Å². The normalized spacial score (nSPS) is 10.7. The van der Waals surface area contributed by atoms with E-state index in [0.29, 0.717) is 42.5 Å². The lowest BCUT2D eigenvalue weighted by molar-refractivity contribution is -0.139. The quantitative estimate of drug-likeness (QED) is 0.242. The fraction of sp³-hybridized carbons (Fsp3) is 0.360. The van der Waals surface area contributed by atoms with Gasteiger partial charge in [-0.05, 0) is 67.8 Å². The van der Waals surface area contributed by atoms with Crippen molar-refractivity contribution in [2.75, 3.05) is 31.7 Å². The number of hydrogen-bond donors (Lipinski definition) is 3. The van der Waals surface area contributed by atoms with Crippen molar-refractivity contribution in [2.24, 2.45) is 11.0 Å².